The number of aromatic nitrogens is 2. The third kappa shape index (κ3) is 5.06. The molecule has 2 N–H and O–H groups in total. The van der Waals surface area contributed by atoms with E-state index in [9.17, 15) is 14.4 Å². The molecule has 4 rings (SSSR count). The van der Waals surface area contributed by atoms with Crippen LogP contribution in [0.1, 0.15) is 58.3 Å². The second-order valence-corrected chi connectivity index (χ2v) is 10.3. The summed E-state index contributed by atoms with van der Waals surface area (Å²) in [6.07, 6.45) is 2.02. The molecule has 2 amide bonds. The van der Waals surface area contributed by atoms with Gasteiger partial charge in [0.2, 0.25) is 5.91 Å². The summed E-state index contributed by atoms with van der Waals surface area (Å²) in [4.78, 5) is 44.5. The van der Waals surface area contributed by atoms with E-state index in [1.54, 1.807) is 6.92 Å². The summed E-state index contributed by atoms with van der Waals surface area (Å²) >= 11 is 3.58. The molecular weight excluding hydrogens is 510 g/mol. The average Bonchev–Trinajstić information content (AvgIpc) is 3.17. The van der Waals surface area contributed by atoms with Crippen molar-refractivity contribution in [2.75, 3.05) is 26.2 Å². The van der Waals surface area contributed by atoms with E-state index in [1.807, 2.05) is 50.1 Å². The maximum Gasteiger partial charge on any atom is 0.253 e. The Hall–Kier alpha value is -2.91. The number of nitrogens with one attached hydrogen (secondary N) is 2. The quantitative estimate of drug-likeness (QED) is 0.517. The zero-order chi connectivity index (χ0) is 25.4. The number of carbonyl (C=O) groups excluding carboxylic acids is 2. The van der Waals surface area contributed by atoms with Gasteiger partial charge in [-0.2, -0.15) is 0 Å². The number of fused-ring (bicyclic) bond motifs is 1. The number of piperazine rings is 1. The lowest BCUT2D eigenvalue weighted by atomic mass is 10.00. The van der Waals surface area contributed by atoms with Gasteiger partial charge in [0.1, 0.15) is 0 Å². The van der Waals surface area contributed by atoms with E-state index in [2.05, 4.69) is 42.5 Å². The number of aryl methyl sites for hydroxylation is 2. The summed E-state index contributed by atoms with van der Waals surface area (Å²) in [5, 5.41) is 2.95. The Labute approximate surface area is 213 Å². The summed E-state index contributed by atoms with van der Waals surface area (Å²) in [6.45, 7) is 12.6. The molecule has 1 atom stereocenters. The zero-order valence-corrected chi connectivity index (χ0v) is 22.5. The van der Waals surface area contributed by atoms with Crippen LogP contribution in [-0.2, 0) is 11.3 Å². The number of pyridine rings is 2. The Morgan fingerprint density at radius 3 is 2.43 bits per heavy atom. The molecule has 0 radical (unpaired) electrons. The molecule has 0 saturated carbocycles. The van der Waals surface area contributed by atoms with Crippen molar-refractivity contribution in [2.45, 2.75) is 47.2 Å². The second kappa shape index (κ2) is 9.99. The van der Waals surface area contributed by atoms with Gasteiger partial charge in [-0.15, -0.1) is 0 Å². The molecule has 1 fully saturated rings. The van der Waals surface area contributed by atoms with E-state index in [0.29, 0.717) is 24.2 Å². The number of nitrogens with zero attached hydrogens (tertiary/aromatic N) is 3. The average molecular weight is 542 g/mol. The summed E-state index contributed by atoms with van der Waals surface area (Å²) in [7, 11) is 0. The van der Waals surface area contributed by atoms with Gasteiger partial charge in [0.05, 0.1) is 0 Å². The highest BCUT2D eigenvalue weighted by Crippen LogP contribution is 2.30. The van der Waals surface area contributed by atoms with Crippen molar-refractivity contribution >= 4 is 33.3 Å². The van der Waals surface area contributed by atoms with Crippen LogP contribution in [0.2, 0.25) is 0 Å². The van der Waals surface area contributed by atoms with Crippen LogP contribution >= 0.6 is 15.9 Å². The zero-order valence-electron chi connectivity index (χ0n) is 20.9. The second-order valence-electron chi connectivity index (χ2n) is 9.37. The van der Waals surface area contributed by atoms with Gasteiger partial charge in [-0.05, 0) is 73.0 Å². The minimum absolute atomic E-state index is 0.0424. The summed E-state index contributed by atoms with van der Waals surface area (Å²) in [5.74, 6) is -0.108. The summed E-state index contributed by atoms with van der Waals surface area (Å²) in [5.41, 5.74) is 5.48. The molecule has 0 aliphatic carbocycles. The SMILES string of the molecule is CC(=O)N1CCN(C(C)c2c(C)c(C(=O)NCc3c(C)cc(C)[nH]c3=O)cc3cc(Br)cn23)CC1. The molecular formula is C26H32BrN5O3. The van der Waals surface area contributed by atoms with Gasteiger partial charge in [-0.1, -0.05) is 0 Å². The lowest BCUT2D eigenvalue weighted by Crippen LogP contribution is -2.49. The first-order chi connectivity index (χ1) is 16.6. The van der Waals surface area contributed by atoms with Gasteiger partial charge in [0.15, 0.2) is 0 Å². The van der Waals surface area contributed by atoms with Crippen LogP contribution in [0.3, 0.4) is 0 Å². The van der Waals surface area contributed by atoms with Gasteiger partial charge in [-0.3, -0.25) is 19.3 Å². The minimum Gasteiger partial charge on any atom is -0.348 e. The van der Waals surface area contributed by atoms with Crippen molar-refractivity contribution in [3.8, 4) is 0 Å². The first-order valence-electron chi connectivity index (χ1n) is 11.8. The Kier molecular flexibility index (Phi) is 7.19. The minimum atomic E-state index is -0.212. The fourth-order valence-corrected chi connectivity index (χ4v) is 5.49. The Morgan fingerprint density at radius 2 is 1.80 bits per heavy atom. The lowest BCUT2D eigenvalue weighted by molar-refractivity contribution is -0.130. The van der Waals surface area contributed by atoms with Crippen molar-refractivity contribution in [1.29, 1.82) is 0 Å². The lowest BCUT2D eigenvalue weighted by Gasteiger charge is -2.38. The van der Waals surface area contributed by atoms with Gasteiger partial charge in [-0.25, -0.2) is 0 Å². The number of hydrogen-bond acceptors (Lipinski definition) is 4. The topological polar surface area (TPSA) is 89.9 Å². The third-order valence-electron chi connectivity index (χ3n) is 7.02. The monoisotopic (exact) mass is 541 g/mol. The standard InChI is InChI=1S/C26H32BrN5O3/c1-15-10-16(2)29-26(35)23(15)13-28-25(34)22-12-21-11-20(27)14-32(21)24(17(22)3)18(4)30-6-8-31(9-7-30)19(5)33/h10-12,14,18H,6-9,13H2,1-5H3,(H,28,34)(H,29,35). The molecule has 1 unspecified atom stereocenters. The number of hydrogen-bond donors (Lipinski definition) is 2. The highest BCUT2D eigenvalue weighted by Gasteiger charge is 2.27. The molecule has 186 valence electrons. The van der Waals surface area contributed by atoms with E-state index in [4.69, 9.17) is 0 Å². The van der Waals surface area contributed by atoms with Crippen molar-refractivity contribution in [2.24, 2.45) is 0 Å². The first kappa shape index (κ1) is 25.2. The van der Waals surface area contributed by atoms with Crippen molar-refractivity contribution < 1.29 is 9.59 Å². The number of amides is 2. The fourth-order valence-electron chi connectivity index (χ4n) is 5.05. The number of rotatable bonds is 5. The fraction of sp³-hybridized carbons (Fsp3) is 0.423. The van der Waals surface area contributed by atoms with Gasteiger partial charge in [0.25, 0.3) is 11.5 Å². The number of carbonyl (C=O) groups is 2. The molecule has 3 aromatic heterocycles. The van der Waals surface area contributed by atoms with Crippen LogP contribution < -0.4 is 10.9 Å². The smallest absolute Gasteiger partial charge is 0.253 e. The molecule has 8 nitrogen and oxygen atoms in total. The molecule has 0 spiro atoms. The van der Waals surface area contributed by atoms with E-state index in [-0.39, 0.29) is 30.0 Å². The molecule has 0 bridgehead atoms. The van der Waals surface area contributed by atoms with Crippen molar-refractivity contribution in [3.05, 3.63) is 72.9 Å². The van der Waals surface area contributed by atoms with Crippen LogP contribution in [0.5, 0.6) is 0 Å². The van der Waals surface area contributed by atoms with Gasteiger partial charge < -0.3 is 19.6 Å². The number of H-pyrrole nitrogens is 1. The van der Waals surface area contributed by atoms with Crippen LogP contribution in [0, 0.1) is 20.8 Å². The number of halogens is 1. The molecule has 1 saturated heterocycles. The van der Waals surface area contributed by atoms with Gasteiger partial charge in [0, 0.05) is 84.4 Å². The van der Waals surface area contributed by atoms with Gasteiger partial charge >= 0.3 is 0 Å². The molecule has 4 heterocycles. The summed E-state index contributed by atoms with van der Waals surface area (Å²) < 4.78 is 3.07. The molecule has 35 heavy (non-hydrogen) atoms. The predicted molar refractivity (Wildman–Crippen MR) is 140 cm³/mol. The highest BCUT2D eigenvalue weighted by molar-refractivity contribution is 9.10. The summed E-state index contributed by atoms with van der Waals surface area (Å²) in [6, 6.07) is 5.84. The van der Waals surface area contributed by atoms with E-state index < -0.39 is 0 Å². The Bertz CT molecular complexity index is 1350. The predicted octanol–water partition coefficient (Wildman–Crippen LogP) is 3.47. The van der Waals surface area contributed by atoms with E-state index in [0.717, 1.165) is 45.6 Å². The highest BCUT2D eigenvalue weighted by atomic mass is 79.9. The largest absolute Gasteiger partial charge is 0.348 e. The molecule has 3 aromatic rings. The van der Waals surface area contributed by atoms with Crippen LogP contribution in [0.25, 0.3) is 5.52 Å². The molecule has 1 aliphatic rings. The number of aromatic amines is 1. The maximum absolute atomic E-state index is 13.3. The Morgan fingerprint density at radius 1 is 1.11 bits per heavy atom. The molecule has 0 aromatic carbocycles. The van der Waals surface area contributed by atoms with Crippen LogP contribution in [-0.4, -0.2) is 57.2 Å². The molecule has 1 aliphatic heterocycles. The van der Waals surface area contributed by atoms with E-state index in [1.165, 1.54) is 0 Å². The normalized spacial score (nSPS) is 15.4. The van der Waals surface area contributed by atoms with E-state index >= 15 is 0 Å². The van der Waals surface area contributed by atoms with Crippen molar-refractivity contribution in [1.82, 2.24) is 24.5 Å². The third-order valence-corrected chi connectivity index (χ3v) is 7.46. The Balaban J connectivity index is 1.65. The maximum atomic E-state index is 13.3. The van der Waals surface area contributed by atoms with Crippen LogP contribution in [0.4, 0.5) is 0 Å². The molecule has 9 heteroatoms. The van der Waals surface area contributed by atoms with Crippen molar-refractivity contribution in [3.63, 3.8) is 0 Å². The first-order valence-corrected chi connectivity index (χ1v) is 12.6. The van der Waals surface area contributed by atoms with Crippen LogP contribution in [0.15, 0.2) is 33.7 Å².